The number of hydrogen-bond donors (Lipinski definition) is 1. The van der Waals surface area contributed by atoms with Crippen molar-refractivity contribution in [2.45, 2.75) is 26.2 Å². The van der Waals surface area contributed by atoms with Gasteiger partial charge in [-0.15, -0.1) is 0 Å². The molecule has 1 amide bonds. The number of rotatable bonds is 4. The Kier molecular flexibility index (Phi) is 4.48. The molecule has 0 bridgehead atoms. The van der Waals surface area contributed by atoms with E-state index in [1.807, 2.05) is 25.1 Å². The zero-order chi connectivity index (χ0) is 13.0. The van der Waals surface area contributed by atoms with E-state index in [1.165, 1.54) is 12.8 Å². The van der Waals surface area contributed by atoms with E-state index in [4.69, 9.17) is 11.6 Å². The molecule has 4 heteroatoms. The number of carbonyl (C=O) groups is 1. The fourth-order valence-electron chi connectivity index (χ4n) is 2.19. The number of carbonyl (C=O) groups excluding carboxylic acids is 1. The Morgan fingerprint density at radius 1 is 1.39 bits per heavy atom. The quantitative estimate of drug-likeness (QED) is 0.908. The maximum absolute atomic E-state index is 11.8. The van der Waals surface area contributed by atoms with Crippen molar-refractivity contribution in [3.63, 3.8) is 0 Å². The minimum atomic E-state index is -0.0881. The molecule has 1 saturated heterocycles. The number of nitrogens with one attached hydrogen (secondary N) is 1. The maximum Gasteiger partial charge on any atom is 0.252 e. The second kappa shape index (κ2) is 6.10. The zero-order valence-electron chi connectivity index (χ0n) is 10.7. The van der Waals surface area contributed by atoms with Crippen molar-refractivity contribution in [2.24, 2.45) is 0 Å². The molecule has 1 aliphatic rings. The first-order chi connectivity index (χ1) is 8.72. The molecule has 2 rings (SSSR count). The third-order valence-corrected chi connectivity index (χ3v) is 3.52. The molecule has 0 unspecified atom stereocenters. The molecule has 1 fully saturated rings. The van der Waals surface area contributed by atoms with Gasteiger partial charge in [0.15, 0.2) is 0 Å². The molecule has 1 aliphatic heterocycles. The lowest BCUT2D eigenvalue weighted by Crippen LogP contribution is -2.24. The number of benzene rings is 1. The van der Waals surface area contributed by atoms with Crippen LogP contribution in [0, 0.1) is 0 Å². The first-order valence-electron chi connectivity index (χ1n) is 6.55. The molecular weight excluding hydrogens is 248 g/mol. The minimum absolute atomic E-state index is 0.0881. The second-order valence-corrected chi connectivity index (χ2v) is 5.02. The van der Waals surface area contributed by atoms with Gasteiger partial charge in [0.05, 0.1) is 10.6 Å². The van der Waals surface area contributed by atoms with Gasteiger partial charge in [-0.05, 0) is 37.5 Å². The first-order valence-corrected chi connectivity index (χ1v) is 6.93. The fraction of sp³-hybridized carbons (Fsp3) is 0.500. The summed E-state index contributed by atoms with van der Waals surface area (Å²) < 4.78 is 0. The summed E-state index contributed by atoms with van der Waals surface area (Å²) in [6.45, 7) is 4.87. The maximum atomic E-state index is 11.8. The van der Waals surface area contributed by atoms with Crippen molar-refractivity contribution in [1.82, 2.24) is 5.32 Å². The predicted molar refractivity (Wildman–Crippen MR) is 75.5 cm³/mol. The summed E-state index contributed by atoms with van der Waals surface area (Å²) in [6, 6.07) is 5.70. The van der Waals surface area contributed by atoms with Crippen molar-refractivity contribution < 1.29 is 4.79 Å². The molecule has 18 heavy (non-hydrogen) atoms. The highest BCUT2D eigenvalue weighted by Gasteiger charge is 2.15. The lowest BCUT2D eigenvalue weighted by Gasteiger charge is -2.18. The van der Waals surface area contributed by atoms with E-state index in [0.29, 0.717) is 17.1 Å². The Hall–Kier alpha value is -1.22. The lowest BCUT2D eigenvalue weighted by molar-refractivity contribution is 0.0954. The highest BCUT2D eigenvalue weighted by Crippen LogP contribution is 2.26. The SMILES string of the molecule is CCCNC(=O)c1ccc(N2CCCC2)cc1Cl. The molecule has 1 heterocycles. The summed E-state index contributed by atoms with van der Waals surface area (Å²) in [5.41, 5.74) is 1.68. The van der Waals surface area contributed by atoms with Gasteiger partial charge in [0.1, 0.15) is 0 Å². The standard InChI is InChI=1S/C14H19ClN2O/c1-2-7-16-14(18)12-6-5-11(10-13(12)15)17-8-3-4-9-17/h5-6,10H,2-4,7-9H2,1H3,(H,16,18). The van der Waals surface area contributed by atoms with Crippen LogP contribution in [0.25, 0.3) is 0 Å². The van der Waals surface area contributed by atoms with Crippen LogP contribution < -0.4 is 10.2 Å². The monoisotopic (exact) mass is 266 g/mol. The summed E-state index contributed by atoms with van der Waals surface area (Å²) in [6.07, 6.45) is 3.39. The molecule has 0 atom stereocenters. The van der Waals surface area contributed by atoms with Gasteiger partial charge in [-0.25, -0.2) is 0 Å². The van der Waals surface area contributed by atoms with E-state index in [2.05, 4.69) is 10.2 Å². The van der Waals surface area contributed by atoms with Crippen LogP contribution in [0.2, 0.25) is 5.02 Å². The van der Waals surface area contributed by atoms with E-state index in [1.54, 1.807) is 0 Å². The molecule has 0 aromatic heterocycles. The third-order valence-electron chi connectivity index (χ3n) is 3.20. The molecule has 0 spiro atoms. The van der Waals surface area contributed by atoms with Gasteiger partial charge in [-0.3, -0.25) is 4.79 Å². The molecule has 1 aromatic rings. The van der Waals surface area contributed by atoms with Crippen molar-refractivity contribution in [2.75, 3.05) is 24.5 Å². The Balaban J connectivity index is 2.11. The van der Waals surface area contributed by atoms with Gasteiger partial charge in [0.25, 0.3) is 5.91 Å². The number of amides is 1. The highest BCUT2D eigenvalue weighted by atomic mass is 35.5. The van der Waals surface area contributed by atoms with E-state index in [0.717, 1.165) is 25.2 Å². The summed E-state index contributed by atoms with van der Waals surface area (Å²) in [7, 11) is 0. The van der Waals surface area contributed by atoms with Gasteiger partial charge in [0, 0.05) is 25.3 Å². The average molecular weight is 267 g/mol. The van der Waals surface area contributed by atoms with Crippen LogP contribution in [-0.4, -0.2) is 25.5 Å². The van der Waals surface area contributed by atoms with Gasteiger partial charge in [0.2, 0.25) is 0 Å². The molecular formula is C14H19ClN2O. The topological polar surface area (TPSA) is 32.3 Å². The largest absolute Gasteiger partial charge is 0.371 e. The lowest BCUT2D eigenvalue weighted by atomic mass is 10.2. The Morgan fingerprint density at radius 2 is 2.11 bits per heavy atom. The number of anilines is 1. The summed E-state index contributed by atoms with van der Waals surface area (Å²) in [5.74, 6) is -0.0881. The summed E-state index contributed by atoms with van der Waals surface area (Å²) >= 11 is 6.19. The summed E-state index contributed by atoms with van der Waals surface area (Å²) in [5, 5.41) is 3.38. The van der Waals surface area contributed by atoms with Crippen LogP contribution in [0.3, 0.4) is 0 Å². The molecule has 1 N–H and O–H groups in total. The normalized spacial score (nSPS) is 14.9. The molecule has 0 saturated carbocycles. The molecule has 0 aliphatic carbocycles. The van der Waals surface area contributed by atoms with Crippen molar-refractivity contribution in [3.8, 4) is 0 Å². The smallest absolute Gasteiger partial charge is 0.252 e. The van der Waals surface area contributed by atoms with Crippen LogP contribution >= 0.6 is 11.6 Å². The van der Waals surface area contributed by atoms with Gasteiger partial charge in [-0.2, -0.15) is 0 Å². The van der Waals surface area contributed by atoms with E-state index in [9.17, 15) is 4.79 Å². The van der Waals surface area contributed by atoms with E-state index < -0.39 is 0 Å². The van der Waals surface area contributed by atoms with Crippen LogP contribution in [0.1, 0.15) is 36.5 Å². The van der Waals surface area contributed by atoms with E-state index >= 15 is 0 Å². The van der Waals surface area contributed by atoms with Crippen LogP contribution in [-0.2, 0) is 0 Å². The first kappa shape index (κ1) is 13.2. The zero-order valence-corrected chi connectivity index (χ0v) is 11.5. The molecule has 98 valence electrons. The third kappa shape index (κ3) is 2.96. The summed E-state index contributed by atoms with van der Waals surface area (Å²) in [4.78, 5) is 14.2. The molecule has 3 nitrogen and oxygen atoms in total. The van der Waals surface area contributed by atoms with E-state index in [-0.39, 0.29) is 5.91 Å². The van der Waals surface area contributed by atoms with Crippen LogP contribution in [0.5, 0.6) is 0 Å². The van der Waals surface area contributed by atoms with Crippen molar-refractivity contribution >= 4 is 23.2 Å². The van der Waals surface area contributed by atoms with Gasteiger partial charge < -0.3 is 10.2 Å². The van der Waals surface area contributed by atoms with Gasteiger partial charge in [-0.1, -0.05) is 18.5 Å². The number of hydrogen-bond acceptors (Lipinski definition) is 2. The van der Waals surface area contributed by atoms with Crippen LogP contribution in [0.15, 0.2) is 18.2 Å². The highest BCUT2D eigenvalue weighted by molar-refractivity contribution is 6.34. The van der Waals surface area contributed by atoms with Crippen molar-refractivity contribution in [1.29, 1.82) is 0 Å². The Morgan fingerprint density at radius 3 is 2.72 bits per heavy atom. The van der Waals surface area contributed by atoms with Gasteiger partial charge >= 0.3 is 0 Å². The second-order valence-electron chi connectivity index (χ2n) is 4.61. The molecule has 1 aromatic carbocycles. The minimum Gasteiger partial charge on any atom is -0.371 e. The Bertz CT molecular complexity index is 428. The Labute approximate surface area is 113 Å². The number of nitrogens with zero attached hydrogens (tertiary/aromatic N) is 1. The molecule has 0 radical (unpaired) electrons. The van der Waals surface area contributed by atoms with Crippen molar-refractivity contribution in [3.05, 3.63) is 28.8 Å². The number of halogens is 1. The predicted octanol–water partition coefficient (Wildman–Crippen LogP) is 3.08. The van der Waals surface area contributed by atoms with Crippen LogP contribution in [0.4, 0.5) is 5.69 Å². The average Bonchev–Trinajstić information content (AvgIpc) is 2.89. The fourth-order valence-corrected chi connectivity index (χ4v) is 2.45.